The molecule has 0 fully saturated rings. The van der Waals surface area contributed by atoms with Gasteiger partial charge >= 0.3 is 0 Å². The Morgan fingerprint density at radius 1 is 1.50 bits per heavy atom. The van der Waals surface area contributed by atoms with Crippen molar-refractivity contribution in [2.24, 2.45) is 11.1 Å². The number of benzene rings is 1. The van der Waals surface area contributed by atoms with E-state index in [1.807, 2.05) is 0 Å². The molecular formula is C13H16BrFN2O3. The van der Waals surface area contributed by atoms with Gasteiger partial charge in [0.25, 0.3) is 5.91 Å². The molecule has 0 saturated heterocycles. The largest absolute Gasteiger partial charge is 0.477 e. The van der Waals surface area contributed by atoms with E-state index in [1.165, 1.54) is 19.1 Å². The molecule has 0 saturated carbocycles. The van der Waals surface area contributed by atoms with Gasteiger partial charge in [0, 0.05) is 4.47 Å². The lowest BCUT2D eigenvalue weighted by molar-refractivity contribution is -0.128. The van der Waals surface area contributed by atoms with Gasteiger partial charge in [-0.05, 0) is 31.0 Å². The maximum absolute atomic E-state index is 13.7. The first-order valence-electron chi connectivity index (χ1n) is 5.96. The fourth-order valence-corrected chi connectivity index (χ4v) is 1.81. The van der Waals surface area contributed by atoms with Crippen molar-refractivity contribution in [1.82, 2.24) is 5.32 Å². The Kier molecular flexibility index (Phi) is 5.94. The molecule has 1 amide bonds. The molecule has 0 spiro atoms. The zero-order valence-electron chi connectivity index (χ0n) is 11.4. The number of halogens is 2. The first-order chi connectivity index (χ1) is 9.35. The lowest BCUT2D eigenvalue weighted by atomic mass is 10.1. The Morgan fingerprint density at radius 3 is 2.65 bits per heavy atom. The molecule has 20 heavy (non-hydrogen) atoms. The van der Waals surface area contributed by atoms with Crippen LogP contribution in [0.1, 0.15) is 20.8 Å². The van der Waals surface area contributed by atoms with E-state index in [9.17, 15) is 9.18 Å². The first kappa shape index (κ1) is 16.4. The van der Waals surface area contributed by atoms with E-state index in [-0.39, 0.29) is 17.5 Å². The second-order valence-electron chi connectivity index (χ2n) is 4.53. The fourth-order valence-electron chi connectivity index (χ4n) is 1.47. The quantitative estimate of drug-likeness (QED) is 0.381. The van der Waals surface area contributed by atoms with E-state index in [4.69, 9.17) is 9.94 Å². The summed E-state index contributed by atoms with van der Waals surface area (Å²) in [5.74, 6) is -1.23. The summed E-state index contributed by atoms with van der Waals surface area (Å²) in [5.41, 5.74) is 0. The van der Waals surface area contributed by atoms with Crippen LogP contribution in [0.4, 0.5) is 4.39 Å². The number of carbonyl (C=O) groups is 1. The van der Waals surface area contributed by atoms with Crippen molar-refractivity contribution in [2.75, 3.05) is 0 Å². The Morgan fingerprint density at radius 2 is 2.15 bits per heavy atom. The summed E-state index contributed by atoms with van der Waals surface area (Å²) < 4.78 is 19.7. The number of carbonyl (C=O) groups excluding carboxylic acids is 1. The van der Waals surface area contributed by atoms with E-state index in [0.717, 1.165) is 0 Å². The third kappa shape index (κ3) is 4.48. The van der Waals surface area contributed by atoms with Crippen molar-refractivity contribution in [3.05, 3.63) is 28.5 Å². The molecule has 1 rings (SSSR count). The second-order valence-corrected chi connectivity index (χ2v) is 5.45. The molecule has 110 valence electrons. The van der Waals surface area contributed by atoms with Crippen LogP contribution in [0.2, 0.25) is 0 Å². The number of nitrogens with one attached hydrogen (secondary N) is 1. The molecule has 1 aromatic carbocycles. The minimum absolute atomic E-state index is 0.0133. The Bertz CT molecular complexity index is 520. The Labute approximate surface area is 124 Å². The van der Waals surface area contributed by atoms with Crippen LogP contribution < -0.4 is 10.1 Å². The number of rotatable bonds is 4. The Balaban J connectivity index is 2.90. The number of ether oxygens (including phenoxy) is 1. The SMILES string of the molecule is C/C(=N\O)NC(=O)[C@@H](Oc1ccc(Br)cc1F)C(C)C. The van der Waals surface area contributed by atoms with Gasteiger partial charge in [-0.2, -0.15) is 0 Å². The highest BCUT2D eigenvalue weighted by molar-refractivity contribution is 9.10. The predicted octanol–water partition coefficient (Wildman–Crippen LogP) is 2.92. The molecule has 5 nitrogen and oxygen atoms in total. The number of oxime groups is 1. The van der Waals surface area contributed by atoms with Gasteiger partial charge in [0.05, 0.1) is 0 Å². The van der Waals surface area contributed by atoms with Gasteiger partial charge in [0.2, 0.25) is 0 Å². The standard InChI is InChI=1S/C13H16BrFN2O3/c1-7(2)12(13(18)16-8(3)17-19)20-11-5-4-9(14)6-10(11)15/h4-7,12,19H,1-3H3,(H,16,17,18)/t12-/m0/s1. The molecule has 0 unspecified atom stereocenters. The number of hydrogen-bond donors (Lipinski definition) is 2. The van der Waals surface area contributed by atoms with E-state index < -0.39 is 17.8 Å². The van der Waals surface area contributed by atoms with Crippen LogP contribution in [0, 0.1) is 11.7 Å². The highest BCUT2D eigenvalue weighted by Crippen LogP contribution is 2.24. The lowest BCUT2D eigenvalue weighted by Crippen LogP contribution is -2.43. The van der Waals surface area contributed by atoms with Crippen molar-refractivity contribution in [1.29, 1.82) is 0 Å². The summed E-state index contributed by atoms with van der Waals surface area (Å²) in [7, 11) is 0. The molecule has 2 N–H and O–H groups in total. The van der Waals surface area contributed by atoms with Crippen molar-refractivity contribution < 1.29 is 19.1 Å². The highest BCUT2D eigenvalue weighted by atomic mass is 79.9. The van der Waals surface area contributed by atoms with Gasteiger partial charge in [-0.1, -0.05) is 34.9 Å². The third-order valence-electron chi connectivity index (χ3n) is 2.47. The van der Waals surface area contributed by atoms with E-state index in [1.54, 1.807) is 19.9 Å². The van der Waals surface area contributed by atoms with Crippen LogP contribution >= 0.6 is 15.9 Å². The molecule has 0 aliphatic carbocycles. The van der Waals surface area contributed by atoms with Crippen LogP contribution in [-0.4, -0.2) is 23.1 Å². The van der Waals surface area contributed by atoms with Crippen molar-refractivity contribution in [3.8, 4) is 5.75 Å². The average Bonchev–Trinajstić information content (AvgIpc) is 2.36. The van der Waals surface area contributed by atoms with Gasteiger partial charge < -0.3 is 15.3 Å². The van der Waals surface area contributed by atoms with Gasteiger partial charge in [-0.25, -0.2) is 4.39 Å². The topological polar surface area (TPSA) is 70.9 Å². The third-order valence-corrected chi connectivity index (χ3v) is 2.96. The monoisotopic (exact) mass is 346 g/mol. The predicted molar refractivity (Wildman–Crippen MR) is 76.4 cm³/mol. The van der Waals surface area contributed by atoms with Crippen LogP contribution in [0.5, 0.6) is 5.75 Å². The molecule has 0 aliphatic rings. The van der Waals surface area contributed by atoms with E-state index in [0.29, 0.717) is 4.47 Å². The Hall–Kier alpha value is -1.63. The molecule has 0 bridgehead atoms. The maximum atomic E-state index is 13.7. The summed E-state index contributed by atoms with van der Waals surface area (Å²) in [6.07, 6.45) is -0.901. The number of amides is 1. The molecular weight excluding hydrogens is 331 g/mol. The van der Waals surface area contributed by atoms with Crippen LogP contribution in [-0.2, 0) is 4.79 Å². The molecule has 7 heteroatoms. The summed E-state index contributed by atoms with van der Waals surface area (Å²) in [5, 5.41) is 13.8. The van der Waals surface area contributed by atoms with Crippen LogP contribution in [0.25, 0.3) is 0 Å². The lowest BCUT2D eigenvalue weighted by Gasteiger charge is -2.21. The van der Waals surface area contributed by atoms with E-state index >= 15 is 0 Å². The summed E-state index contributed by atoms with van der Waals surface area (Å²) in [4.78, 5) is 12.0. The molecule has 0 heterocycles. The first-order valence-corrected chi connectivity index (χ1v) is 6.75. The fraction of sp³-hybridized carbons (Fsp3) is 0.385. The summed E-state index contributed by atoms with van der Waals surface area (Å²) >= 11 is 3.14. The van der Waals surface area contributed by atoms with Gasteiger partial charge in [0.1, 0.15) is 5.84 Å². The summed E-state index contributed by atoms with van der Waals surface area (Å²) in [6.45, 7) is 4.97. The molecule has 1 atom stereocenters. The van der Waals surface area contributed by atoms with E-state index in [2.05, 4.69) is 26.4 Å². The number of hydrogen-bond acceptors (Lipinski definition) is 4. The van der Waals surface area contributed by atoms with Crippen molar-refractivity contribution in [2.45, 2.75) is 26.9 Å². The molecule has 0 aromatic heterocycles. The number of amidine groups is 1. The van der Waals surface area contributed by atoms with Crippen molar-refractivity contribution in [3.63, 3.8) is 0 Å². The minimum atomic E-state index is -0.901. The second kappa shape index (κ2) is 7.23. The maximum Gasteiger partial charge on any atom is 0.266 e. The smallest absolute Gasteiger partial charge is 0.266 e. The van der Waals surface area contributed by atoms with Crippen LogP contribution in [0.15, 0.2) is 27.8 Å². The van der Waals surface area contributed by atoms with Crippen molar-refractivity contribution >= 4 is 27.7 Å². The zero-order chi connectivity index (χ0) is 15.3. The molecule has 0 radical (unpaired) electrons. The average molecular weight is 347 g/mol. The normalized spacial score (nSPS) is 13.2. The number of nitrogens with zero attached hydrogens (tertiary/aromatic N) is 1. The van der Waals surface area contributed by atoms with Gasteiger partial charge in [0.15, 0.2) is 17.7 Å². The molecule has 0 aliphatic heterocycles. The zero-order valence-corrected chi connectivity index (χ0v) is 12.9. The van der Waals surface area contributed by atoms with Crippen LogP contribution in [0.3, 0.4) is 0 Å². The van der Waals surface area contributed by atoms with Gasteiger partial charge in [-0.3, -0.25) is 4.79 Å². The van der Waals surface area contributed by atoms with Gasteiger partial charge in [-0.15, -0.1) is 0 Å². The summed E-state index contributed by atoms with van der Waals surface area (Å²) in [6, 6.07) is 4.31. The highest BCUT2D eigenvalue weighted by Gasteiger charge is 2.25. The minimum Gasteiger partial charge on any atom is -0.477 e. The molecule has 1 aromatic rings.